The van der Waals surface area contributed by atoms with E-state index < -0.39 is 23.7 Å². The highest BCUT2D eigenvalue weighted by molar-refractivity contribution is 5.30. The van der Waals surface area contributed by atoms with Gasteiger partial charge in [0.15, 0.2) is 0 Å². The van der Waals surface area contributed by atoms with E-state index in [1.807, 2.05) is 0 Å². The lowest BCUT2D eigenvalue weighted by Crippen LogP contribution is -2.22. The van der Waals surface area contributed by atoms with Gasteiger partial charge in [0.1, 0.15) is 11.6 Å². The molecule has 5 heteroatoms. The Kier molecular flexibility index (Phi) is 4.42. The van der Waals surface area contributed by atoms with Crippen LogP contribution < -0.4 is 5.73 Å². The predicted octanol–water partition coefficient (Wildman–Crippen LogP) is 2.44. The van der Waals surface area contributed by atoms with Crippen LogP contribution in [0.15, 0.2) is 36.5 Å². The molecule has 0 amide bonds. The first kappa shape index (κ1) is 14.6. The molecule has 0 spiro atoms. The predicted molar refractivity (Wildman–Crippen MR) is 72.1 cm³/mol. The highest BCUT2D eigenvalue weighted by Gasteiger charge is 2.25. The standard InChI is InChI=1S/C15H16F2N2O/c1-9-6-10(13(17)7-12(9)16)15(20)11(8-18)14-4-2-3-5-19-14/h2-7,11,15,20H,8,18H2,1H3. The summed E-state index contributed by atoms with van der Waals surface area (Å²) in [6.07, 6.45) is 0.408. The second-order valence-electron chi connectivity index (χ2n) is 4.66. The van der Waals surface area contributed by atoms with E-state index >= 15 is 0 Å². The lowest BCUT2D eigenvalue weighted by Gasteiger charge is -2.22. The van der Waals surface area contributed by atoms with E-state index in [1.165, 1.54) is 13.0 Å². The maximum absolute atomic E-state index is 13.8. The maximum Gasteiger partial charge on any atom is 0.131 e. The van der Waals surface area contributed by atoms with Gasteiger partial charge in [-0.2, -0.15) is 0 Å². The number of aliphatic hydroxyl groups excluding tert-OH is 1. The van der Waals surface area contributed by atoms with E-state index in [4.69, 9.17) is 5.73 Å². The first-order valence-electron chi connectivity index (χ1n) is 6.29. The van der Waals surface area contributed by atoms with E-state index in [0.29, 0.717) is 5.69 Å². The van der Waals surface area contributed by atoms with Gasteiger partial charge in [0.2, 0.25) is 0 Å². The topological polar surface area (TPSA) is 59.1 Å². The largest absolute Gasteiger partial charge is 0.388 e. The van der Waals surface area contributed by atoms with E-state index in [-0.39, 0.29) is 17.7 Å². The zero-order chi connectivity index (χ0) is 14.7. The van der Waals surface area contributed by atoms with Crippen LogP contribution in [0.4, 0.5) is 8.78 Å². The highest BCUT2D eigenvalue weighted by atomic mass is 19.1. The first-order valence-corrected chi connectivity index (χ1v) is 6.29. The zero-order valence-corrected chi connectivity index (χ0v) is 11.1. The van der Waals surface area contributed by atoms with Crippen molar-refractivity contribution in [3.8, 4) is 0 Å². The third kappa shape index (κ3) is 2.84. The molecular weight excluding hydrogens is 262 g/mol. The van der Waals surface area contributed by atoms with Crippen LogP contribution in [-0.2, 0) is 0 Å². The molecule has 106 valence electrons. The molecule has 1 aromatic carbocycles. The van der Waals surface area contributed by atoms with Crippen LogP contribution in [0.25, 0.3) is 0 Å². The summed E-state index contributed by atoms with van der Waals surface area (Å²) in [4.78, 5) is 4.13. The Morgan fingerprint density at radius 3 is 2.60 bits per heavy atom. The van der Waals surface area contributed by atoms with Crippen molar-refractivity contribution >= 4 is 0 Å². The molecule has 2 rings (SSSR count). The minimum absolute atomic E-state index is 0.0324. The van der Waals surface area contributed by atoms with Crippen molar-refractivity contribution < 1.29 is 13.9 Å². The molecule has 3 N–H and O–H groups in total. The Hall–Kier alpha value is -1.85. The van der Waals surface area contributed by atoms with Crippen LogP contribution in [0.1, 0.15) is 28.8 Å². The van der Waals surface area contributed by atoms with Gasteiger partial charge in [-0.1, -0.05) is 6.07 Å². The maximum atomic E-state index is 13.8. The molecule has 3 nitrogen and oxygen atoms in total. The summed E-state index contributed by atoms with van der Waals surface area (Å²) in [6, 6.07) is 7.31. The Labute approximate surface area is 116 Å². The average Bonchev–Trinajstić information content (AvgIpc) is 2.44. The molecule has 0 saturated heterocycles. The zero-order valence-electron chi connectivity index (χ0n) is 11.1. The molecule has 1 aromatic heterocycles. The van der Waals surface area contributed by atoms with Crippen molar-refractivity contribution in [2.45, 2.75) is 18.9 Å². The monoisotopic (exact) mass is 278 g/mol. The van der Waals surface area contributed by atoms with Crippen LogP contribution in [0, 0.1) is 18.6 Å². The molecule has 2 atom stereocenters. The number of halogens is 2. The van der Waals surface area contributed by atoms with Gasteiger partial charge >= 0.3 is 0 Å². The fraction of sp³-hybridized carbons (Fsp3) is 0.267. The number of pyridine rings is 1. The summed E-state index contributed by atoms with van der Waals surface area (Å²) < 4.78 is 27.1. The fourth-order valence-corrected chi connectivity index (χ4v) is 2.13. The Balaban J connectivity index is 2.39. The number of aliphatic hydroxyl groups is 1. The fourth-order valence-electron chi connectivity index (χ4n) is 2.13. The summed E-state index contributed by atoms with van der Waals surface area (Å²) >= 11 is 0. The SMILES string of the molecule is Cc1cc(C(O)C(CN)c2ccccn2)c(F)cc1F. The molecule has 1 heterocycles. The normalized spacial score (nSPS) is 14.1. The summed E-state index contributed by atoms with van der Waals surface area (Å²) in [7, 11) is 0. The number of nitrogens with zero attached hydrogens (tertiary/aromatic N) is 1. The molecule has 0 aliphatic rings. The lowest BCUT2D eigenvalue weighted by molar-refractivity contribution is 0.141. The molecule has 20 heavy (non-hydrogen) atoms. The number of benzene rings is 1. The van der Waals surface area contributed by atoms with Crippen LogP contribution in [0.2, 0.25) is 0 Å². The molecule has 0 fully saturated rings. The van der Waals surface area contributed by atoms with Crippen molar-refractivity contribution in [2.75, 3.05) is 6.54 Å². The second kappa shape index (κ2) is 6.07. The van der Waals surface area contributed by atoms with Gasteiger partial charge in [0, 0.05) is 36.0 Å². The van der Waals surface area contributed by atoms with E-state index in [1.54, 1.807) is 24.4 Å². The minimum atomic E-state index is -1.17. The van der Waals surface area contributed by atoms with E-state index in [9.17, 15) is 13.9 Å². The molecule has 0 aliphatic heterocycles. The number of aryl methyl sites for hydroxylation is 1. The van der Waals surface area contributed by atoms with Crippen LogP contribution in [-0.4, -0.2) is 16.6 Å². The average molecular weight is 278 g/mol. The molecule has 0 radical (unpaired) electrons. The van der Waals surface area contributed by atoms with Gasteiger partial charge in [-0.15, -0.1) is 0 Å². The summed E-state index contributed by atoms with van der Waals surface area (Å²) in [6.45, 7) is 1.62. The molecule has 0 bridgehead atoms. The van der Waals surface area contributed by atoms with Gasteiger partial charge in [0.25, 0.3) is 0 Å². The van der Waals surface area contributed by atoms with Gasteiger partial charge in [0.05, 0.1) is 6.10 Å². The third-order valence-corrected chi connectivity index (χ3v) is 3.30. The van der Waals surface area contributed by atoms with Gasteiger partial charge < -0.3 is 10.8 Å². The van der Waals surface area contributed by atoms with Crippen molar-refractivity contribution in [2.24, 2.45) is 5.73 Å². The number of rotatable bonds is 4. The van der Waals surface area contributed by atoms with E-state index in [2.05, 4.69) is 4.98 Å². The smallest absolute Gasteiger partial charge is 0.131 e. The Bertz CT molecular complexity index is 590. The highest BCUT2D eigenvalue weighted by Crippen LogP contribution is 2.31. The van der Waals surface area contributed by atoms with Crippen LogP contribution >= 0.6 is 0 Å². The summed E-state index contributed by atoms with van der Waals surface area (Å²) in [5.41, 5.74) is 6.55. The van der Waals surface area contributed by atoms with Crippen molar-refractivity contribution in [3.05, 3.63) is 65.0 Å². The van der Waals surface area contributed by atoms with Crippen LogP contribution in [0.3, 0.4) is 0 Å². The molecule has 2 aromatic rings. The summed E-state index contributed by atoms with van der Waals surface area (Å²) in [5.74, 6) is -1.97. The van der Waals surface area contributed by atoms with Gasteiger partial charge in [-0.3, -0.25) is 4.98 Å². The quantitative estimate of drug-likeness (QED) is 0.903. The lowest BCUT2D eigenvalue weighted by atomic mass is 9.91. The van der Waals surface area contributed by atoms with Crippen molar-refractivity contribution in [1.82, 2.24) is 4.98 Å². The number of hydrogen-bond acceptors (Lipinski definition) is 3. The first-order chi connectivity index (χ1) is 9.54. The van der Waals surface area contributed by atoms with Crippen molar-refractivity contribution in [1.29, 1.82) is 0 Å². The molecular formula is C15H16F2N2O. The van der Waals surface area contributed by atoms with Gasteiger partial charge in [-0.05, 0) is 30.7 Å². The van der Waals surface area contributed by atoms with Crippen molar-refractivity contribution in [3.63, 3.8) is 0 Å². The second-order valence-corrected chi connectivity index (χ2v) is 4.66. The van der Waals surface area contributed by atoms with E-state index in [0.717, 1.165) is 6.07 Å². The summed E-state index contributed by atoms with van der Waals surface area (Å²) in [5, 5.41) is 10.3. The molecule has 0 aliphatic carbocycles. The minimum Gasteiger partial charge on any atom is -0.388 e. The van der Waals surface area contributed by atoms with Crippen LogP contribution in [0.5, 0.6) is 0 Å². The molecule has 2 unspecified atom stereocenters. The number of hydrogen-bond donors (Lipinski definition) is 2. The van der Waals surface area contributed by atoms with Gasteiger partial charge in [-0.25, -0.2) is 8.78 Å². The molecule has 0 saturated carbocycles. The Morgan fingerprint density at radius 1 is 1.25 bits per heavy atom. The Morgan fingerprint density at radius 2 is 2.00 bits per heavy atom. The third-order valence-electron chi connectivity index (χ3n) is 3.30. The number of aromatic nitrogens is 1. The number of nitrogens with two attached hydrogens (primary N) is 1.